The van der Waals surface area contributed by atoms with Crippen molar-refractivity contribution in [2.45, 2.75) is 71.3 Å². The van der Waals surface area contributed by atoms with Gasteiger partial charge >= 0.3 is 0 Å². The molecule has 3 nitrogen and oxygen atoms in total. The number of rotatable bonds is 3. The van der Waals surface area contributed by atoms with Crippen LogP contribution in [0.5, 0.6) is 0 Å². The molecule has 1 heterocycles. The van der Waals surface area contributed by atoms with E-state index in [-0.39, 0.29) is 5.41 Å². The van der Waals surface area contributed by atoms with Gasteiger partial charge in [0.1, 0.15) is 0 Å². The second-order valence-corrected chi connectivity index (χ2v) is 6.70. The number of nitrogens with one attached hydrogen (secondary N) is 2. The lowest BCUT2D eigenvalue weighted by Crippen LogP contribution is -2.52. The zero-order chi connectivity index (χ0) is 13.7. The van der Waals surface area contributed by atoms with E-state index in [0.29, 0.717) is 11.9 Å². The Morgan fingerprint density at radius 2 is 2.11 bits per heavy atom. The van der Waals surface area contributed by atoms with E-state index in [1.165, 1.54) is 32.1 Å². The first kappa shape index (κ1) is 14.8. The van der Waals surface area contributed by atoms with Crippen molar-refractivity contribution in [3.8, 4) is 0 Å². The minimum Gasteiger partial charge on any atom is -0.353 e. The SMILES string of the molecule is CCC1(C(=O)NC2CCCC(C)CC2)CCCNC1. The molecule has 1 saturated heterocycles. The van der Waals surface area contributed by atoms with Gasteiger partial charge < -0.3 is 10.6 Å². The Morgan fingerprint density at radius 3 is 2.79 bits per heavy atom. The summed E-state index contributed by atoms with van der Waals surface area (Å²) in [4.78, 5) is 12.7. The maximum Gasteiger partial charge on any atom is 0.227 e. The Morgan fingerprint density at radius 1 is 1.26 bits per heavy atom. The average Bonchev–Trinajstić information content (AvgIpc) is 2.64. The molecule has 1 aliphatic heterocycles. The predicted octanol–water partition coefficient (Wildman–Crippen LogP) is 2.85. The van der Waals surface area contributed by atoms with Gasteiger partial charge in [-0.05, 0) is 51.0 Å². The molecular weight excluding hydrogens is 236 g/mol. The number of piperidine rings is 1. The summed E-state index contributed by atoms with van der Waals surface area (Å²) in [5, 5.41) is 6.77. The van der Waals surface area contributed by atoms with Crippen LogP contribution in [0.2, 0.25) is 0 Å². The Hall–Kier alpha value is -0.570. The van der Waals surface area contributed by atoms with E-state index in [1.807, 2.05) is 0 Å². The van der Waals surface area contributed by atoms with Crippen molar-refractivity contribution < 1.29 is 4.79 Å². The summed E-state index contributed by atoms with van der Waals surface area (Å²) in [7, 11) is 0. The number of hydrogen-bond donors (Lipinski definition) is 2. The molecule has 3 atom stereocenters. The molecule has 1 saturated carbocycles. The number of amides is 1. The smallest absolute Gasteiger partial charge is 0.227 e. The largest absolute Gasteiger partial charge is 0.353 e. The fourth-order valence-electron chi connectivity index (χ4n) is 3.59. The third-order valence-corrected chi connectivity index (χ3v) is 5.22. The van der Waals surface area contributed by atoms with Crippen molar-refractivity contribution in [3.05, 3.63) is 0 Å². The molecule has 1 amide bonds. The highest BCUT2D eigenvalue weighted by atomic mass is 16.2. The van der Waals surface area contributed by atoms with Crippen LogP contribution in [0.4, 0.5) is 0 Å². The van der Waals surface area contributed by atoms with Crippen LogP contribution in [0.1, 0.15) is 65.2 Å². The lowest BCUT2D eigenvalue weighted by molar-refractivity contribution is -0.133. The predicted molar refractivity (Wildman–Crippen MR) is 79.0 cm³/mol. The van der Waals surface area contributed by atoms with Crippen molar-refractivity contribution in [2.75, 3.05) is 13.1 Å². The molecule has 2 rings (SSSR count). The molecule has 3 unspecified atom stereocenters. The molecule has 1 aliphatic carbocycles. The monoisotopic (exact) mass is 266 g/mol. The molecule has 2 aliphatic rings. The Bertz CT molecular complexity index is 297. The Labute approximate surface area is 117 Å². The van der Waals surface area contributed by atoms with Crippen LogP contribution in [0.25, 0.3) is 0 Å². The van der Waals surface area contributed by atoms with Gasteiger partial charge in [0.05, 0.1) is 5.41 Å². The Kier molecular flexibility index (Phi) is 5.26. The summed E-state index contributed by atoms with van der Waals surface area (Å²) >= 11 is 0. The second kappa shape index (κ2) is 6.74. The first-order valence-corrected chi connectivity index (χ1v) is 8.18. The molecule has 110 valence electrons. The van der Waals surface area contributed by atoms with Gasteiger partial charge in [-0.15, -0.1) is 0 Å². The summed E-state index contributed by atoms with van der Waals surface area (Å²) in [6, 6.07) is 0.419. The van der Waals surface area contributed by atoms with E-state index in [4.69, 9.17) is 0 Å². The lowest BCUT2D eigenvalue weighted by atomic mass is 9.77. The van der Waals surface area contributed by atoms with Crippen LogP contribution in [0, 0.1) is 11.3 Å². The molecule has 0 aromatic rings. The molecule has 19 heavy (non-hydrogen) atoms. The number of hydrogen-bond acceptors (Lipinski definition) is 2. The summed E-state index contributed by atoms with van der Waals surface area (Å²) < 4.78 is 0. The van der Waals surface area contributed by atoms with Gasteiger partial charge in [0.2, 0.25) is 5.91 Å². The summed E-state index contributed by atoms with van der Waals surface area (Å²) in [6.07, 6.45) is 9.32. The van der Waals surface area contributed by atoms with Crippen molar-refractivity contribution in [1.82, 2.24) is 10.6 Å². The van der Waals surface area contributed by atoms with Gasteiger partial charge in [-0.2, -0.15) is 0 Å². The first-order chi connectivity index (χ1) is 9.16. The molecule has 2 N–H and O–H groups in total. The first-order valence-electron chi connectivity index (χ1n) is 8.18. The highest BCUT2D eigenvalue weighted by Gasteiger charge is 2.38. The normalized spacial score (nSPS) is 36.5. The van der Waals surface area contributed by atoms with Crippen molar-refractivity contribution >= 4 is 5.91 Å². The van der Waals surface area contributed by atoms with Crippen LogP contribution in [0.3, 0.4) is 0 Å². The fourth-order valence-corrected chi connectivity index (χ4v) is 3.59. The molecule has 0 spiro atoms. The van der Waals surface area contributed by atoms with Gasteiger partial charge in [-0.1, -0.05) is 26.7 Å². The van der Waals surface area contributed by atoms with Gasteiger partial charge in [-0.3, -0.25) is 4.79 Å². The van der Waals surface area contributed by atoms with E-state index in [0.717, 1.165) is 38.3 Å². The van der Waals surface area contributed by atoms with Crippen molar-refractivity contribution in [3.63, 3.8) is 0 Å². The average molecular weight is 266 g/mol. The third-order valence-electron chi connectivity index (χ3n) is 5.22. The highest BCUT2D eigenvalue weighted by molar-refractivity contribution is 5.83. The quantitative estimate of drug-likeness (QED) is 0.771. The van der Waals surface area contributed by atoms with E-state index in [2.05, 4.69) is 24.5 Å². The molecule has 0 bridgehead atoms. The fraction of sp³-hybridized carbons (Fsp3) is 0.938. The van der Waals surface area contributed by atoms with Crippen LogP contribution < -0.4 is 10.6 Å². The lowest BCUT2D eigenvalue weighted by Gasteiger charge is -2.36. The van der Waals surface area contributed by atoms with Crippen LogP contribution in [-0.2, 0) is 4.79 Å². The van der Waals surface area contributed by atoms with Gasteiger partial charge in [-0.25, -0.2) is 0 Å². The van der Waals surface area contributed by atoms with Crippen molar-refractivity contribution in [2.24, 2.45) is 11.3 Å². The van der Waals surface area contributed by atoms with Gasteiger partial charge in [0.25, 0.3) is 0 Å². The summed E-state index contributed by atoms with van der Waals surface area (Å²) in [6.45, 7) is 6.42. The highest BCUT2D eigenvalue weighted by Crippen LogP contribution is 2.31. The molecule has 0 aromatic heterocycles. The van der Waals surface area contributed by atoms with Crippen LogP contribution >= 0.6 is 0 Å². The van der Waals surface area contributed by atoms with E-state index in [1.54, 1.807) is 0 Å². The number of carbonyl (C=O) groups excluding carboxylic acids is 1. The maximum atomic E-state index is 12.7. The molecule has 0 radical (unpaired) electrons. The van der Waals surface area contributed by atoms with E-state index < -0.39 is 0 Å². The Balaban J connectivity index is 1.91. The van der Waals surface area contributed by atoms with E-state index >= 15 is 0 Å². The molecule has 2 fully saturated rings. The molecular formula is C16H30N2O. The third kappa shape index (κ3) is 3.71. The second-order valence-electron chi connectivity index (χ2n) is 6.70. The van der Waals surface area contributed by atoms with Crippen LogP contribution in [0.15, 0.2) is 0 Å². The number of carbonyl (C=O) groups is 1. The maximum absolute atomic E-state index is 12.7. The zero-order valence-corrected chi connectivity index (χ0v) is 12.6. The van der Waals surface area contributed by atoms with Crippen LogP contribution in [-0.4, -0.2) is 25.0 Å². The molecule has 0 aromatic carbocycles. The van der Waals surface area contributed by atoms with Gasteiger partial charge in [0.15, 0.2) is 0 Å². The topological polar surface area (TPSA) is 41.1 Å². The van der Waals surface area contributed by atoms with Gasteiger partial charge in [0, 0.05) is 12.6 Å². The summed E-state index contributed by atoms with van der Waals surface area (Å²) in [5.74, 6) is 1.14. The molecule has 3 heteroatoms. The minimum atomic E-state index is -0.143. The summed E-state index contributed by atoms with van der Waals surface area (Å²) in [5.41, 5.74) is -0.143. The minimum absolute atomic E-state index is 0.143. The van der Waals surface area contributed by atoms with E-state index in [9.17, 15) is 4.79 Å². The standard InChI is InChI=1S/C16H30N2O/c1-3-16(10-5-11-17-12-16)15(19)18-14-7-4-6-13(2)8-9-14/h13-14,17H,3-12H2,1-2H3,(H,18,19). The zero-order valence-electron chi connectivity index (χ0n) is 12.6. The van der Waals surface area contributed by atoms with Crippen molar-refractivity contribution in [1.29, 1.82) is 0 Å².